The van der Waals surface area contributed by atoms with E-state index in [0.717, 1.165) is 22.4 Å². The second-order valence-electron chi connectivity index (χ2n) is 6.10. The van der Waals surface area contributed by atoms with E-state index in [1.165, 1.54) is 11.1 Å². The van der Waals surface area contributed by atoms with E-state index in [1.54, 1.807) is 0 Å². The lowest BCUT2D eigenvalue weighted by Crippen LogP contribution is -2.37. The van der Waals surface area contributed by atoms with Crippen molar-refractivity contribution < 1.29 is 9.53 Å². The SMILES string of the molecule is Cc1ccc(CNC(=O)NCCOc2c(C)ccc(C)c2C)cc1. The fourth-order valence-electron chi connectivity index (χ4n) is 2.42. The van der Waals surface area contributed by atoms with E-state index in [9.17, 15) is 4.79 Å². The summed E-state index contributed by atoms with van der Waals surface area (Å²) in [5.41, 5.74) is 5.76. The molecule has 0 radical (unpaired) electrons. The molecule has 2 aromatic carbocycles. The maximum atomic E-state index is 11.8. The number of nitrogens with one attached hydrogen (secondary N) is 2. The van der Waals surface area contributed by atoms with Crippen molar-refractivity contribution in [2.75, 3.05) is 13.2 Å². The molecular weight excluding hydrogens is 300 g/mol. The van der Waals surface area contributed by atoms with Gasteiger partial charge in [-0.15, -0.1) is 0 Å². The third kappa shape index (κ3) is 5.01. The Morgan fingerprint density at radius 1 is 0.917 bits per heavy atom. The average Bonchev–Trinajstić information content (AvgIpc) is 2.57. The minimum absolute atomic E-state index is 0.183. The molecule has 4 nitrogen and oxygen atoms in total. The number of benzene rings is 2. The normalized spacial score (nSPS) is 10.3. The standard InChI is InChI=1S/C20H26N2O2/c1-14-5-9-18(10-6-14)13-22-20(23)21-11-12-24-19-16(3)8-7-15(2)17(19)4/h5-10H,11-13H2,1-4H3,(H2,21,22,23). The van der Waals surface area contributed by atoms with Crippen molar-refractivity contribution in [1.29, 1.82) is 0 Å². The summed E-state index contributed by atoms with van der Waals surface area (Å²) in [5, 5.41) is 5.66. The van der Waals surface area contributed by atoms with Gasteiger partial charge in [-0.2, -0.15) is 0 Å². The lowest BCUT2D eigenvalue weighted by atomic mass is 10.1. The summed E-state index contributed by atoms with van der Waals surface area (Å²) < 4.78 is 5.83. The van der Waals surface area contributed by atoms with Crippen LogP contribution in [-0.4, -0.2) is 19.2 Å². The Morgan fingerprint density at radius 3 is 2.29 bits per heavy atom. The molecule has 2 N–H and O–H groups in total. The molecule has 2 aromatic rings. The third-order valence-electron chi connectivity index (χ3n) is 4.08. The third-order valence-corrected chi connectivity index (χ3v) is 4.08. The highest BCUT2D eigenvalue weighted by molar-refractivity contribution is 5.73. The van der Waals surface area contributed by atoms with Gasteiger partial charge in [-0.25, -0.2) is 4.79 Å². The molecule has 2 rings (SSSR count). The van der Waals surface area contributed by atoms with Gasteiger partial charge in [0.1, 0.15) is 12.4 Å². The van der Waals surface area contributed by atoms with Gasteiger partial charge < -0.3 is 15.4 Å². The smallest absolute Gasteiger partial charge is 0.315 e. The van der Waals surface area contributed by atoms with E-state index in [1.807, 2.05) is 38.1 Å². The van der Waals surface area contributed by atoms with Crippen LogP contribution >= 0.6 is 0 Å². The molecule has 0 spiro atoms. The van der Waals surface area contributed by atoms with E-state index < -0.39 is 0 Å². The Morgan fingerprint density at radius 2 is 1.58 bits per heavy atom. The lowest BCUT2D eigenvalue weighted by molar-refractivity contribution is 0.236. The molecule has 0 bridgehead atoms. The van der Waals surface area contributed by atoms with Crippen molar-refractivity contribution in [2.45, 2.75) is 34.2 Å². The monoisotopic (exact) mass is 326 g/mol. The molecule has 0 heterocycles. The summed E-state index contributed by atoms with van der Waals surface area (Å²) in [4.78, 5) is 11.8. The molecule has 24 heavy (non-hydrogen) atoms. The number of amides is 2. The summed E-state index contributed by atoms with van der Waals surface area (Å²) in [6.45, 7) is 9.63. The van der Waals surface area contributed by atoms with E-state index in [4.69, 9.17) is 4.74 Å². The first kappa shape index (κ1) is 17.9. The Bertz CT molecular complexity index is 694. The summed E-state index contributed by atoms with van der Waals surface area (Å²) in [5.74, 6) is 0.914. The Labute approximate surface area is 144 Å². The van der Waals surface area contributed by atoms with Crippen LogP contribution in [0.25, 0.3) is 0 Å². The second kappa shape index (κ2) is 8.39. The molecule has 0 fully saturated rings. The van der Waals surface area contributed by atoms with Crippen LogP contribution < -0.4 is 15.4 Å². The molecule has 0 aromatic heterocycles. The number of aryl methyl sites for hydroxylation is 3. The molecule has 0 saturated heterocycles. The van der Waals surface area contributed by atoms with Gasteiger partial charge in [0, 0.05) is 6.54 Å². The highest BCUT2D eigenvalue weighted by atomic mass is 16.5. The van der Waals surface area contributed by atoms with E-state index in [2.05, 4.69) is 36.6 Å². The van der Waals surface area contributed by atoms with Crippen LogP contribution in [0.4, 0.5) is 4.79 Å². The van der Waals surface area contributed by atoms with Crippen molar-refractivity contribution in [1.82, 2.24) is 10.6 Å². The summed E-state index contributed by atoms with van der Waals surface area (Å²) in [6, 6.07) is 12.1. The van der Waals surface area contributed by atoms with Crippen molar-refractivity contribution in [3.8, 4) is 5.75 Å². The lowest BCUT2D eigenvalue weighted by Gasteiger charge is -2.14. The highest BCUT2D eigenvalue weighted by Crippen LogP contribution is 2.25. The molecule has 0 aliphatic heterocycles. The Kier molecular flexibility index (Phi) is 6.24. The zero-order valence-corrected chi connectivity index (χ0v) is 14.9. The van der Waals surface area contributed by atoms with Crippen LogP contribution in [0.2, 0.25) is 0 Å². The van der Waals surface area contributed by atoms with Gasteiger partial charge in [0.05, 0.1) is 6.54 Å². The zero-order valence-electron chi connectivity index (χ0n) is 14.9. The number of hydrogen-bond acceptors (Lipinski definition) is 2. The minimum atomic E-state index is -0.183. The van der Waals surface area contributed by atoms with Gasteiger partial charge in [-0.1, -0.05) is 42.0 Å². The minimum Gasteiger partial charge on any atom is -0.491 e. The van der Waals surface area contributed by atoms with Crippen LogP contribution in [0.1, 0.15) is 27.8 Å². The quantitative estimate of drug-likeness (QED) is 0.793. The fraction of sp³-hybridized carbons (Fsp3) is 0.350. The summed E-state index contributed by atoms with van der Waals surface area (Å²) in [7, 11) is 0. The van der Waals surface area contributed by atoms with E-state index >= 15 is 0 Å². The number of hydrogen-bond donors (Lipinski definition) is 2. The van der Waals surface area contributed by atoms with Gasteiger partial charge in [-0.05, 0) is 49.9 Å². The number of carbonyl (C=O) groups is 1. The molecule has 0 saturated carbocycles. The molecule has 0 unspecified atom stereocenters. The van der Waals surface area contributed by atoms with Crippen molar-refractivity contribution >= 4 is 6.03 Å². The Hall–Kier alpha value is -2.49. The molecule has 4 heteroatoms. The molecule has 128 valence electrons. The zero-order chi connectivity index (χ0) is 17.5. The van der Waals surface area contributed by atoms with Gasteiger partial charge in [0.2, 0.25) is 0 Å². The molecule has 2 amide bonds. The number of carbonyl (C=O) groups excluding carboxylic acids is 1. The summed E-state index contributed by atoms with van der Waals surface area (Å²) >= 11 is 0. The Balaban J connectivity index is 1.71. The van der Waals surface area contributed by atoms with E-state index in [-0.39, 0.29) is 6.03 Å². The first-order valence-corrected chi connectivity index (χ1v) is 8.24. The second-order valence-corrected chi connectivity index (χ2v) is 6.10. The van der Waals surface area contributed by atoms with Gasteiger partial charge >= 0.3 is 6.03 Å². The number of ether oxygens (including phenoxy) is 1. The van der Waals surface area contributed by atoms with Crippen LogP contribution in [-0.2, 0) is 6.54 Å². The van der Waals surface area contributed by atoms with Gasteiger partial charge in [0.25, 0.3) is 0 Å². The van der Waals surface area contributed by atoms with Crippen LogP contribution in [0.5, 0.6) is 5.75 Å². The van der Waals surface area contributed by atoms with Crippen LogP contribution in [0, 0.1) is 27.7 Å². The topological polar surface area (TPSA) is 50.4 Å². The highest BCUT2D eigenvalue weighted by Gasteiger charge is 2.06. The predicted octanol–water partition coefficient (Wildman–Crippen LogP) is 3.80. The van der Waals surface area contributed by atoms with Gasteiger partial charge in [-0.3, -0.25) is 0 Å². The summed E-state index contributed by atoms with van der Waals surface area (Å²) in [6.07, 6.45) is 0. The van der Waals surface area contributed by atoms with Crippen LogP contribution in [0.15, 0.2) is 36.4 Å². The van der Waals surface area contributed by atoms with E-state index in [0.29, 0.717) is 19.7 Å². The number of rotatable bonds is 6. The first-order valence-electron chi connectivity index (χ1n) is 8.24. The van der Waals surface area contributed by atoms with Crippen molar-refractivity contribution in [3.63, 3.8) is 0 Å². The predicted molar refractivity (Wildman–Crippen MR) is 97.6 cm³/mol. The maximum absolute atomic E-state index is 11.8. The molecule has 0 atom stereocenters. The largest absolute Gasteiger partial charge is 0.491 e. The average molecular weight is 326 g/mol. The first-order chi connectivity index (χ1) is 11.5. The molecule has 0 aliphatic rings. The maximum Gasteiger partial charge on any atom is 0.315 e. The molecule has 0 aliphatic carbocycles. The van der Waals surface area contributed by atoms with Crippen molar-refractivity contribution in [2.24, 2.45) is 0 Å². The molecular formula is C20H26N2O2. The number of urea groups is 1. The fourth-order valence-corrected chi connectivity index (χ4v) is 2.42. The van der Waals surface area contributed by atoms with Gasteiger partial charge in [0.15, 0.2) is 0 Å². The van der Waals surface area contributed by atoms with Crippen molar-refractivity contribution in [3.05, 3.63) is 64.2 Å². The van der Waals surface area contributed by atoms with Crippen LogP contribution in [0.3, 0.4) is 0 Å².